The van der Waals surface area contributed by atoms with Gasteiger partial charge < -0.3 is 10.2 Å². The molecule has 2 aromatic carbocycles. The fraction of sp³-hybridized carbons (Fsp3) is 0.320. The van der Waals surface area contributed by atoms with Gasteiger partial charge in [0, 0.05) is 19.2 Å². The molecule has 1 aliphatic carbocycles. The van der Waals surface area contributed by atoms with Crippen molar-refractivity contribution in [3.05, 3.63) is 89.2 Å². The Morgan fingerprint density at radius 2 is 1.74 bits per heavy atom. The zero-order chi connectivity index (χ0) is 21.2. The Kier molecular flexibility index (Phi) is 5.28. The summed E-state index contributed by atoms with van der Waals surface area (Å²) in [5.74, 6) is 0.368. The van der Waals surface area contributed by atoms with Crippen molar-refractivity contribution in [2.75, 3.05) is 13.1 Å². The Bertz CT molecular complexity index is 1070. The van der Waals surface area contributed by atoms with Crippen LogP contribution >= 0.6 is 0 Å². The van der Waals surface area contributed by atoms with Crippen LogP contribution in [0.1, 0.15) is 51.0 Å². The molecule has 0 bridgehead atoms. The summed E-state index contributed by atoms with van der Waals surface area (Å²) in [6, 6.07) is 21.5. The maximum Gasteiger partial charge on any atom is 0.272 e. The Morgan fingerprint density at radius 3 is 2.45 bits per heavy atom. The van der Waals surface area contributed by atoms with E-state index < -0.39 is 0 Å². The Hall–Kier alpha value is -3.41. The van der Waals surface area contributed by atoms with Crippen LogP contribution < -0.4 is 5.32 Å². The number of hydrogen-bond donors (Lipinski definition) is 1. The smallest absolute Gasteiger partial charge is 0.272 e. The minimum absolute atomic E-state index is 0.0198. The average molecular weight is 415 g/mol. The lowest BCUT2D eigenvalue weighted by atomic mass is 9.98. The highest BCUT2D eigenvalue weighted by Crippen LogP contribution is 2.31. The van der Waals surface area contributed by atoms with Crippen molar-refractivity contribution >= 4 is 11.8 Å². The lowest BCUT2D eigenvalue weighted by Crippen LogP contribution is -2.41. The maximum atomic E-state index is 13.1. The first-order valence-electron chi connectivity index (χ1n) is 10.9. The minimum atomic E-state index is -0.256. The molecule has 158 valence electrons. The summed E-state index contributed by atoms with van der Waals surface area (Å²) in [7, 11) is 0. The number of benzene rings is 2. The maximum absolute atomic E-state index is 13.1. The van der Waals surface area contributed by atoms with E-state index in [-0.39, 0.29) is 17.9 Å². The van der Waals surface area contributed by atoms with Crippen LogP contribution in [0, 0.1) is 5.92 Å². The number of nitrogens with one attached hydrogen (secondary N) is 1. The summed E-state index contributed by atoms with van der Waals surface area (Å²) in [5.41, 5.74) is 2.99. The highest BCUT2D eigenvalue weighted by Gasteiger charge is 2.32. The first-order valence-corrected chi connectivity index (χ1v) is 10.9. The lowest BCUT2D eigenvalue weighted by Gasteiger charge is -2.27. The second-order valence-electron chi connectivity index (χ2n) is 8.46. The van der Waals surface area contributed by atoms with Gasteiger partial charge in [0.05, 0.1) is 12.6 Å². The molecule has 5 rings (SSSR count). The van der Waals surface area contributed by atoms with Gasteiger partial charge in [-0.1, -0.05) is 60.7 Å². The quantitative estimate of drug-likeness (QED) is 0.644. The van der Waals surface area contributed by atoms with Crippen LogP contribution in [0.3, 0.4) is 0 Å². The predicted octanol–water partition coefficient (Wildman–Crippen LogP) is 3.46. The number of hydrogen-bond acceptors (Lipinski definition) is 3. The molecule has 0 radical (unpaired) electrons. The molecule has 0 saturated heterocycles. The first-order chi connectivity index (χ1) is 15.2. The number of fused-ring (bicyclic) bond motifs is 1. The Labute approximate surface area is 181 Å². The first kappa shape index (κ1) is 19.5. The van der Waals surface area contributed by atoms with Crippen LogP contribution in [0.25, 0.3) is 0 Å². The van der Waals surface area contributed by atoms with Gasteiger partial charge in [0.2, 0.25) is 0 Å². The van der Waals surface area contributed by atoms with Gasteiger partial charge in [-0.3, -0.25) is 14.3 Å². The number of carbonyl (C=O) groups is 2. The second kappa shape index (κ2) is 8.38. The molecule has 0 unspecified atom stereocenters. The molecule has 1 aromatic heterocycles. The molecule has 6 nitrogen and oxygen atoms in total. The summed E-state index contributed by atoms with van der Waals surface area (Å²) in [6.45, 7) is 2.11. The van der Waals surface area contributed by atoms with Crippen LogP contribution in [0.2, 0.25) is 0 Å². The molecule has 31 heavy (non-hydrogen) atoms. The van der Waals surface area contributed by atoms with Gasteiger partial charge in [0.15, 0.2) is 5.69 Å². The average Bonchev–Trinajstić information content (AvgIpc) is 3.51. The van der Waals surface area contributed by atoms with E-state index in [2.05, 4.69) is 22.5 Å². The fourth-order valence-electron chi connectivity index (χ4n) is 4.16. The van der Waals surface area contributed by atoms with Crippen molar-refractivity contribution in [1.29, 1.82) is 0 Å². The molecule has 6 heteroatoms. The highest BCUT2D eigenvalue weighted by atomic mass is 16.2. The Balaban J connectivity index is 1.34. The van der Waals surface area contributed by atoms with Gasteiger partial charge in [0.25, 0.3) is 11.8 Å². The van der Waals surface area contributed by atoms with E-state index in [0.717, 1.165) is 17.7 Å². The molecular weight excluding hydrogens is 388 g/mol. The third-order valence-electron chi connectivity index (χ3n) is 6.07. The minimum Gasteiger partial charge on any atom is -0.344 e. The summed E-state index contributed by atoms with van der Waals surface area (Å²) >= 11 is 0. The van der Waals surface area contributed by atoms with Crippen LogP contribution in [-0.2, 0) is 13.0 Å². The number of rotatable bonds is 7. The van der Waals surface area contributed by atoms with E-state index in [0.29, 0.717) is 36.8 Å². The molecule has 1 aliphatic heterocycles. The molecule has 1 atom stereocenters. The zero-order valence-corrected chi connectivity index (χ0v) is 17.4. The van der Waals surface area contributed by atoms with E-state index in [1.54, 1.807) is 10.7 Å². The fourth-order valence-corrected chi connectivity index (χ4v) is 4.16. The third-order valence-corrected chi connectivity index (χ3v) is 6.07. The van der Waals surface area contributed by atoms with Crippen LogP contribution in [0.5, 0.6) is 0 Å². The topological polar surface area (TPSA) is 67.2 Å². The van der Waals surface area contributed by atoms with Crippen molar-refractivity contribution < 1.29 is 9.59 Å². The molecular formula is C25H26N4O2. The Morgan fingerprint density at radius 1 is 1.03 bits per heavy atom. The zero-order valence-electron chi connectivity index (χ0n) is 17.4. The number of nitrogens with zero attached hydrogens (tertiary/aromatic N) is 3. The van der Waals surface area contributed by atoms with Gasteiger partial charge >= 0.3 is 0 Å². The monoisotopic (exact) mass is 414 g/mol. The number of aromatic nitrogens is 2. The van der Waals surface area contributed by atoms with Gasteiger partial charge in [-0.15, -0.1) is 0 Å². The summed E-state index contributed by atoms with van der Waals surface area (Å²) in [6.07, 6.45) is 3.09. The second-order valence-corrected chi connectivity index (χ2v) is 8.46. The van der Waals surface area contributed by atoms with E-state index in [9.17, 15) is 9.59 Å². The summed E-state index contributed by atoms with van der Waals surface area (Å²) in [4.78, 5) is 27.8. The largest absolute Gasteiger partial charge is 0.344 e. The van der Waals surface area contributed by atoms with Crippen molar-refractivity contribution in [1.82, 2.24) is 20.0 Å². The van der Waals surface area contributed by atoms with Crippen molar-refractivity contribution in [2.45, 2.75) is 31.8 Å². The third kappa shape index (κ3) is 4.38. The van der Waals surface area contributed by atoms with Crippen LogP contribution in [0.4, 0.5) is 0 Å². The number of carbonyl (C=O) groups excluding carboxylic acids is 2. The van der Waals surface area contributed by atoms with Gasteiger partial charge in [-0.25, -0.2) is 0 Å². The van der Waals surface area contributed by atoms with E-state index in [1.165, 1.54) is 12.8 Å². The van der Waals surface area contributed by atoms with E-state index >= 15 is 0 Å². The molecule has 0 spiro atoms. The van der Waals surface area contributed by atoms with Crippen molar-refractivity contribution in [2.24, 2.45) is 5.92 Å². The molecule has 3 aromatic rings. The van der Waals surface area contributed by atoms with Crippen molar-refractivity contribution in [3.8, 4) is 0 Å². The standard InChI is InChI=1S/C25H26N4O2/c30-24(22-16-23-25(31)28(17-19-11-12-19)13-14-29(23)27-22)26-21(20-9-5-2-6-10-20)15-18-7-3-1-4-8-18/h1-10,16,19,21H,11-15,17H2,(H,26,30)/t21-/m1/s1. The van der Waals surface area contributed by atoms with E-state index in [1.807, 2.05) is 53.4 Å². The van der Waals surface area contributed by atoms with E-state index in [4.69, 9.17) is 0 Å². The lowest BCUT2D eigenvalue weighted by molar-refractivity contribution is 0.0688. The molecule has 2 heterocycles. The molecule has 2 aliphatic rings. The van der Waals surface area contributed by atoms with Crippen LogP contribution in [-0.4, -0.2) is 39.6 Å². The van der Waals surface area contributed by atoms with Gasteiger partial charge in [0.1, 0.15) is 5.69 Å². The SMILES string of the molecule is O=C(N[C@H](Cc1ccccc1)c1ccccc1)c1cc2n(n1)CCN(CC1CC1)C2=O. The van der Waals surface area contributed by atoms with Gasteiger partial charge in [-0.05, 0) is 36.3 Å². The summed E-state index contributed by atoms with van der Waals surface area (Å²) in [5, 5.41) is 7.58. The molecule has 1 fully saturated rings. The molecule has 1 N–H and O–H groups in total. The summed E-state index contributed by atoms with van der Waals surface area (Å²) < 4.78 is 1.68. The van der Waals surface area contributed by atoms with Gasteiger partial charge in [-0.2, -0.15) is 5.10 Å². The van der Waals surface area contributed by atoms with Crippen LogP contribution in [0.15, 0.2) is 66.7 Å². The number of amides is 2. The van der Waals surface area contributed by atoms with Crippen molar-refractivity contribution in [3.63, 3.8) is 0 Å². The molecule has 1 saturated carbocycles. The highest BCUT2D eigenvalue weighted by molar-refractivity contribution is 5.98. The normalized spacial score (nSPS) is 16.6. The predicted molar refractivity (Wildman–Crippen MR) is 118 cm³/mol. The molecule has 2 amide bonds.